The predicted molar refractivity (Wildman–Crippen MR) is 72.4 cm³/mol. The highest BCUT2D eigenvalue weighted by Gasteiger charge is 2.52. The average Bonchev–Trinajstić information content (AvgIpc) is 2.82. The minimum absolute atomic E-state index is 0.0364. The lowest BCUT2D eigenvalue weighted by Crippen LogP contribution is -2.68. The van der Waals surface area contributed by atoms with Gasteiger partial charge in [0.05, 0.1) is 0 Å². The van der Waals surface area contributed by atoms with E-state index in [9.17, 15) is 19.5 Å². The van der Waals surface area contributed by atoms with E-state index >= 15 is 0 Å². The van der Waals surface area contributed by atoms with Gasteiger partial charge in [-0.3, -0.25) is 9.69 Å². The molecule has 3 aliphatic heterocycles. The number of carboxylic acids is 1. The largest absolute Gasteiger partial charge is 0.477 e. The van der Waals surface area contributed by atoms with E-state index in [4.69, 9.17) is 10.5 Å². The fraction of sp³-hybridized carbons (Fsp3) is 0.364. The molecule has 3 rings (SSSR count). The molecule has 3 heterocycles. The molecule has 20 heavy (non-hydrogen) atoms. The monoisotopic (exact) mass is 314 g/mol. The summed E-state index contributed by atoms with van der Waals surface area (Å²) >= 11 is 2.59. The molecule has 9 heteroatoms. The first-order valence-electron chi connectivity index (χ1n) is 5.71. The lowest BCUT2D eigenvalue weighted by Gasteiger charge is -2.47. The molecule has 2 atom stereocenters. The zero-order valence-electron chi connectivity index (χ0n) is 10.1. The zero-order chi connectivity index (χ0) is 14.4. The molecule has 106 valence electrons. The molecule has 0 radical (unpaired) electrons. The standard InChI is InChI=1S/C11H10N2O5S2/c12-7-9(15)13-8(11(16)17)5(3-19-10(7)13)20-4-1-6(14)18-2-4/h1,7,10H,2-3,12H2,(H,16,17)/t7-,10+/m1/s1. The summed E-state index contributed by atoms with van der Waals surface area (Å²) in [6.07, 6.45) is 1.33. The topological polar surface area (TPSA) is 110 Å². The maximum Gasteiger partial charge on any atom is 0.353 e. The van der Waals surface area contributed by atoms with Crippen LogP contribution in [0.4, 0.5) is 0 Å². The number of rotatable bonds is 3. The summed E-state index contributed by atoms with van der Waals surface area (Å²) in [6.45, 7) is 0.140. The van der Waals surface area contributed by atoms with Crippen LogP contribution in [0.2, 0.25) is 0 Å². The van der Waals surface area contributed by atoms with Gasteiger partial charge in [0.2, 0.25) is 5.91 Å². The Labute approximate surface area is 122 Å². The maximum atomic E-state index is 11.7. The smallest absolute Gasteiger partial charge is 0.353 e. The van der Waals surface area contributed by atoms with E-state index in [-0.39, 0.29) is 23.6 Å². The van der Waals surface area contributed by atoms with E-state index in [0.29, 0.717) is 15.6 Å². The average molecular weight is 314 g/mol. The molecule has 0 spiro atoms. The number of carbonyl (C=O) groups is 3. The Morgan fingerprint density at radius 1 is 1.55 bits per heavy atom. The quantitative estimate of drug-likeness (QED) is 0.539. The third-order valence-corrected chi connectivity index (χ3v) is 5.63. The molecule has 0 unspecified atom stereocenters. The summed E-state index contributed by atoms with van der Waals surface area (Å²) in [5.41, 5.74) is 5.62. The van der Waals surface area contributed by atoms with Gasteiger partial charge in [-0.2, -0.15) is 0 Å². The van der Waals surface area contributed by atoms with Crippen molar-refractivity contribution in [3.05, 3.63) is 21.6 Å². The van der Waals surface area contributed by atoms with Gasteiger partial charge < -0.3 is 15.6 Å². The second-order valence-corrected chi connectivity index (χ2v) is 6.66. The van der Waals surface area contributed by atoms with Gasteiger partial charge in [-0.25, -0.2) is 9.59 Å². The minimum Gasteiger partial charge on any atom is -0.477 e. The predicted octanol–water partition coefficient (Wildman–Crippen LogP) is -0.301. The molecular weight excluding hydrogens is 304 g/mol. The van der Waals surface area contributed by atoms with Crippen LogP contribution >= 0.6 is 23.5 Å². The Balaban J connectivity index is 1.90. The van der Waals surface area contributed by atoms with Crippen molar-refractivity contribution in [3.63, 3.8) is 0 Å². The second kappa shape index (κ2) is 4.83. The molecule has 3 aliphatic rings. The van der Waals surface area contributed by atoms with Crippen LogP contribution in [0.25, 0.3) is 0 Å². The molecule has 7 nitrogen and oxygen atoms in total. The summed E-state index contributed by atoms with van der Waals surface area (Å²) in [5, 5.41) is 9.02. The molecular formula is C11H10N2O5S2. The molecule has 0 aromatic heterocycles. The van der Waals surface area contributed by atoms with Crippen molar-refractivity contribution in [2.24, 2.45) is 5.73 Å². The number of ether oxygens (including phenoxy) is 1. The molecule has 1 amide bonds. The number of fused-ring (bicyclic) bond motifs is 1. The Kier molecular flexibility index (Phi) is 3.27. The highest BCUT2D eigenvalue weighted by molar-refractivity contribution is 8.09. The third kappa shape index (κ3) is 2.02. The molecule has 1 saturated heterocycles. The van der Waals surface area contributed by atoms with E-state index in [1.807, 2.05) is 0 Å². The van der Waals surface area contributed by atoms with Crippen LogP contribution in [0.5, 0.6) is 0 Å². The van der Waals surface area contributed by atoms with Gasteiger partial charge in [-0.1, -0.05) is 11.8 Å². The maximum absolute atomic E-state index is 11.7. The molecule has 1 fully saturated rings. The van der Waals surface area contributed by atoms with Crippen molar-refractivity contribution in [1.82, 2.24) is 4.90 Å². The first-order chi connectivity index (χ1) is 9.49. The van der Waals surface area contributed by atoms with Crippen LogP contribution in [-0.4, -0.2) is 51.6 Å². The number of esters is 1. The van der Waals surface area contributed by atoms with Gasteiger partial charge in [0, 0.05) is 21.6 Å². The Morgan fingerprint density at radius 2 is 2.30 bits per heavy atom. The summed E-state index contributed by atoms with van der Waals surface area (Å²) in [7, 11) is 0. The Hall–Kier alpha value is -1.45. The number of cyclic esters (lactones) is 1. The third-order valence-electron chi connectivity index (χ3n) is 3.07. The van der Waals surface area contributed by atoms with Gasteiger partial charge in [-0.15, -0.1) is 11.8 Å². The number of aliphatic carboxylic acids is 1. The molecule has 0 bridgehead atoms. The van der Waals surface area contributed by atoms with Crippen molar-refractivity contribution >= 4 is 41.4 Å². The van der Waals surface area contributed by atoms with Gasteiger partial charge in [0.1, 0.15) is 23.7 Å². The lowest BCUT2D eigenvalue weighted by molar-refractivity contribution is -0.147. The second-order valence-electron chi connectivity index (χ2n) is 4.33. The van der Waals surface area contributed by atoms with Gasteiger partial charge in [-0.05, 0) is 0 Å². The zero-order valence-corrected chi connectivity index (χ0v) is 11.7. The number of amides is 1. The van der Waals surface area contributed by atoms with Gasteiger partial charge >= 0.3 is 11.9 Å². The normalized spacial score (nSPS) is 28.9. The number of nitrogens with two attached hydrogens (primary N) is 1. The summed E-state index contributed by atoms with van der Waals surface area (Å²) < 4.78 is 4.77. The van der Waals surface area contributed by atoms with Gasteiger partial charge in [0.15, 0.2) is 0 Å². The van der Waals surface area contributed by atoms with E-state index in [0.717, 1.165) is 0 Å². The number of hydrogen-bond acceptors (Lipinski definition) is 7. The Morgan fingerprint density at radius 3 is 2.90 bits per heavy atom. The summed E-state index contributed by atoms with van der Waals surface area (Å²) in [6, 6.07) is -0.642. The number of carbonyl (C=O) groups excluding carboxylic acids is 2. The van der Waals surface area contributed by atoms with Gasteiger partial charge in [0.25, 0.3) is 0 Å². The molecule has 0 saturated carbocycles. The first-order valence-corrected chi connectivity index (χ1v) is 7.57. The first kappa shape index (κ1) is 13.5. The van der Waals surface area contributed by atoms with Crippen LogP contribution in [-0.2, 0) is 19.1 Å². The number of β-lactam (4-membered cyclic amide) rings is 1. The number of thioether (sulfide) groups is 2. The van der Waals surface area contributed by atoms with E-state index in [1.165, 1.54) is 34.5 Å². The van der Waals surface area contributed by atoms with Crippen LogP contribution in [0, 0.1) is 0 Å². The van der Waals surface area contributed by atoms with E-state index in [1.54, 1.807) is 0 Å². The van der Waals surface area contributed by atoms with E-state index in [2.05, 4.69) is 0 Å². The Bertz CT molecular complexity index is 585. The highest BCUT2D eigenvalue weighted by atomic mass is 32.2. The van der Waals surface area contributed by atoms with Crippen LogP contribution in [0.1, 0.15) is 0 Å². The van der Waals surface area contributed by atoms with Crippen molar-refractivity contribution in [2.75, 3.05) is 12.4 Å². The number of hydrogen-bond donors (Lipinski definition) is 2. The fourth-order valence-corrected chi connectivity index (χ4v) is 4.59. The van der Waals surface area contributed by atoms with Crippen molar-refractivity contribution < 1.29 is 24.2 Å². The van der Waals surface area contributed by atoms with E-state index < -0.39 is 18.0 Å². The SMILES string of the molecule is N[C@@H]1C(=O)N2C(C(=O)O)=C(SC3=CC(=O)OC3)CS[C@@H]12. The van der Waals surface area contributed by atoms with Crippen molar-refractivity contribution in [2.45, 2.75) is 11.4 Å². The molecule has 3 N–H and O–H groups in total. The summed E-state index contributed by atoms with van der Waals surface area (Å²) in [5.74, 6) is -1.54. The minimum atomic E-state index is -1.16. The molecule has 0 aromatic rings. The van der Waals surface area contributed by atoms with Crippen LogP contribution in [0.3, 0.4) is 0 Å². The van der Waals surface area contributed by atoms with Crippen LogP contribution in [0.15, 0.2) is 21.6 Å². The summed E-state index contributed by atoms with van der Waals surface area (Å²) in [4.78, 5) is 36.5. The number of nitrogens with zero attached hydrogens (tertiary/aromatic N) is 1. The lowest BCUT2D eigenvalue weighted by atomic mass is 10.1. The van der Waals surface area contributed by atoms with Crippen molar-refractivity contribution in [3.8, 4) is 0 Å². The van der Waals surface area contributed by atoms with Crippen LogP contribution < -0.4 is 5.73 Å². The van der Waals surface area contributed by atoms with Crippen molar-refractivity contribution in [1.29, 1.82) is 0 Å². The molecule has 0 aromatic carbocycles. The fourth-order valence-electron chi connectivity index (χ4n) is 2.14. The number of carboxylic acid groups (broad SMARTS) is 1. The molecule has 0 aliphatic carbocycles. The highest BCUT2D eigenvalue weighted by Crippen LogP contribution is 2.44.